The highest BCUT2D eigenvalue weighted by Crippen LogP contribution is 2.22. The quantitative estimate of drug-likeness (QED) is 0.798. The molecular formula is C20H31N3O2. The third-order valence-corrected chi connectivity index (χ3v) is 5.42. The van der Waals surface area contributed by atoms with Gasteiger partial charge in [-0.05, 0) is 57.7 Å². The van der Waals surface area contributed by atoms with Crippen molar-refractivity contribution in [2.24, 2.45) is 5.92 Å². The molecule has 2 N–H and O–H groups in total. The number of hydrogen-bond acceptors (Lipinski definition) is 4. The number of hydrogen-bond donors (Lipinski definition) is 2. The monoisotopic (exact) mass is 345 g/mol. The van der Waals surface area contributed by atoms with E-state index in [9.17, 15) is 4.79 Å². The maximum Gasteiger partial charge on any atom is 0.407 e. The molecule has 0 spiro atoms. The summed E-state index contributed by atoms with van der Waals surface area (Å²) in [6.07, 6.45) is 2.99. The van der Waals surface area contributed by atoms with E-state index in [-0.39, 0.29) is 12.1 Å². The zero-order valence-electron chi connectivity index (χ0n) is 15.4. The van der Waals surface area contributed by atoms with Crippen LogP contribution in [-0.2, 0) is 11.3 Å². The molecule has 0 radical (unpaired) electrons. The van der Waals surface area contributed by atoms with E-state index < -0.39 is 0 Å². The molecular weight excluding hydrogens is 314 g/mol. The van der Waals surface area contributed by atoms with Crippen LogP contribution in [0.3, 0.4) is 0 Å². The van der Waals surface area contributed by atoms with Crippen molar-refractivity contribution in [1.29, 1.82) is 0 Å². The maximum atomic E-state index is 11.8. The molecule has 1 unspecified atom stereocenters. The van der Waals surface area contributed by atoms with Gasteiger partial charge in [-0.15, -0.1) is 0 Å². The Bertz CT molecular complexity index is 543. The van der Waals surface area contributed by atoms with Crippen LogP contribution in [0.15, 0.2) is 30.3 Å². The van der Waals surface area contributed by atoms with E-state index in [1.54, 1.807) is 0 Å². The molecule has 1 amide bonds. The summed E-state index contributed by atoms with van der Waals surface area (Å²) in [6.45, 7) is 8.41. The van der Waals surface area contributed by atoms with Gasteiger partial charge in [-0.2, -0.15) is 0 Å². The molecule has 2 aliphatic rings. The summed E-state index contributed by atoms with van der Waals surface area (Å²) in [5, 5.41) is 6.62. The number of nitrogens with zero attached hydrogens (tertiary/aromatic N) is 1. The molecule has 1 atom stereocenters. The van der Waals surface area contributed by atoms with E-state index in [4.69, 9.17) is 4.74 Å². The zero-order valence-corrected chi connectivity index (χ0v) is 15.4. The maximum absolute atomic E-state index is 11.8. The van der Waals surface area contributed by atoms with Gasteiger partial charge in [0.25, 0.3) is 0 Å². The highest BCUT2D eigenvalue weighted by molar-refractivity contribution is 5.67. The van der Waals surface area contributed by atoms with E-state index in [2.05, 4.69) is 29.4 Å². The lowest BCUT2D eigenvalue weighted by Crippen LogP contribution is -2.53. The van der Waals surface area contributed by atoms with Gasteiger partial charge >= 0.3 is 6.09 Å². The second-order valence-corrected chi connectivity index (χ2v) is 7.72. The van der Waals surface area contributed by atoms with Gasteiger partial charge in [0.15, 0.2) is 0 Å². The Morgan fingerprint density at radius 3 is 2.68 bits per heavy atom. The molecule has 1 aromatic carbocycles. The molecule has 1 saturated heterocycles. The van der Waals surface area contributed by atoms with Gasteiger partial charge < -0.3 is 20.3 Å². The molecule has 3 rings (SSSR count). The molecule has 1 heterocycles. The lowest BCUT2D eigenvalue weighted by molar-refractivity contribution is 0.125. The van der Waals surface area contributed by atoms with Crippen molar-refractivity contribution in [2.75, 3.05) is 19.6 Å². The third kappa shape index (κ3) is 5.44. The van der Waals surface area contributed by atoms with Crippen molar-refractivity contribution in [2.45, 2.75) is 57.8 Å². The Balaban J connectivity index is 1.25. The van der Waals surface area contributed by atoms with Gasteiger partial charge in [0.1, 0.15) is 6.61 Å². The fourth-order valence-electron chi connectivity index (χ4n) is 3.67. The summed E-state index contributed by atoms with van der Waals surface area (Å²) in [5.74, 6) is 0.769. The first kappa shape index (κ1) is 18.2. The van der Waals surface area contributed by atoms with Crippen molar-refractivity contribution < 1.29 is 9.53 Å². The van der Waals surface area contributed by atoms with Crippen molar-refractivity contribution >= 4 is 6.09 Å². The first-order valence-electron chi connectivity index (χ1n) is 9.55. The highest BCUT2D eigenvalue weighted by atomic mass is 16.5. The molecule has 5 nitrogen and oxygen atoms in total. The number of rotatable bonds is 7. The Morgan fingerprint density at radius 1 is 1.24 bits per heavy atom. The molecule has 0 bridgehead atoms. The standard InChI is InChI=1S/C20H31N3O2/c1-15(2)23-9-8-17(13-23)12-21-18-10-19(11-18)22-20(24)25-14-16-6-4-3-5-7-16/h3-7,15,17-19,21H,8-14H2,1-2H3,(H,22,24). The zero-order chi connectivity index (χ0) is 17.6. The van der Waals surface area contributed by atoms with Crippen LogP contribution in [0.4, 0.5) is 4.79 Å². The second kappa shape index (κ2) is 8.68. The molecule has 138 valence electrons. The van der Waals surface area contributed by atoms with Gasteiger partial charge in [0, 0.05) is 24.7 Å². The van der Waals surface area contributed by atoms with E-state index in [1.807, 2.05) is 30.3 Å². The smallest absolute Gasteiger partial charge is 0.407 e. The molecule has 5 heteroatoms. The van der Waals surface area contributed by atoms with Gasteiger partial charge in [-0.3, -0.25) is 0 Å². The number of benzene rings is 1. The molecule has 1 aliphatic carbocycles. The van der Waals surface area contributed by atoms with Crippen molar-refractivity contribution in [3.63, 3.8) is 0 Å². The van der Waals surface area contributed by atoms with Crippen LogP contribution in [0, 0.1) is 5.92 Å². The van der Waals surface area contributed by atoms with Crippen LogP contribution < -0.4 is 10.6 Å². The number of alkyl carbamates (subject to hydrolysis) is 1. The van der Waals surface area contributed by atoms with E-state index >= 15 is 0 Å². The molecule has 25 heavy (non-hydrogen) atoms. The Morgan fingerprint density at radius 2 is 2.00 bits per heavy atom. The van der Waals surface area contributed by atoms with Crippen LogP contribution in [-0.4, -0.2) is 48.8 Å². The predicted molar refractivity (Wildman–Crippen MR) is 99.4 cm³/mol. The van der Waals surface area contributed by atoms with Crippen molar-refractivity contribution in [3.8, 4) is 0 Å². The third-order valence-electron chi connectivity index (χ3n) is 5.42. The molecule has 1 aromatic rings. The number of amides is 1. The molecule has 2 fully saturated rings. The van der Waals surface area contributed by atoms with Gasteiger partial charge in [-0.25, -0.2) is 4.79 Å². The Kier molecular flexibility index (Phi) is 6.32. The van der Waals surface area contributed by atoms with Crippen LogP contribution >= 0.6 is 0 Å². The fraction of sp³-hybridized carbons (Fsp3) is 0.650. The number of carbonyl (C=O) groups is 1. The molecule has 1 saturated carbocycles. The first-order valence-corrected chi connectivity index (χ1v) is 9.55. The first-order chi connectivity index (χ1) is 12.1. The van der Waals surface area contributed by atoms with E-state index in [0.717, 1.165) is 30.9 Å². The van der Waals surface area contributed by atoms with E-state index in [0.29, 0.717) is 18.7 Å². The van der Waals surface area contributed by atoms with Crippen molar-refractivity contribution in [3.05, 3.63) is 35.9 Å². The van der Waals surface area contributed by atoms with E-state index in [1.165, 1.54) is 19.5 Å². The number of likely N-dealkylation sites (tertiary alicyclic amines) is 1. The normalized spacial score (nSPS) is 26.4. The summed E-state index contributed by atoms with van der Waals surface area (Å²) in [4.78, 5) is 14.4. The highest BCUT2D eigenvalue weighted by Gasteiger charge is 2.32. The van der Waals surface area contributed by atoms with Crippen LogP contribution in [0.5, 0.6) is 0 Å². The SMILES string of the molecule is CC(C)N1CCC(CNC2CC(NC(=O)OCc3ccccc3)C2)C1. The van der Waals surface area contributed by atoms with Gasteiger partial charge in [0.05, 0.1) is 0 Å². The topological polar surface area (TPSA) is 53.6 Å². The van der Waals surface area contributed by atoms with Crippen molar-refractivity contribution in [1.82, 2.24) is 15.5 Å². The minimum absolute atomic E-state index is 0.247. The summed E-state index contributed by atoms with van der Waals surface area (Å²) >= 11 is 0. The summed E-state index contributed by atoms with van der Waals surface area (Å²) < 4.78 is 5.27. The fourth-order valence-corrected chi connectivity index (χ4v) is 3.67. The number of ether oxygens (including phenoxy) is 1. The van der Waals surface area contributed by atoms with Gasteiger partial charge in [0.2, 0.25) is 0 Å². The molecule has 0 aromatic heterocycles. The van der Waals surface area contributed by atoms with Crippen LogP contribution in [0.1, 0.15) is 38.7 Å². The summed E-state index contributed by atoms with van der Waals surface area (Å²) in [7, 11) is 0. The van der Waals surface area contributed by atoms with Crippen LogP contribution in [0.25, 0.3) is 0 Å². The second-order valence-electron chi connectivity index (χ2n) is 7.72. The van der Waals surface area contributed by atoms with Gasteiger partial charge in [-0.1, -0.05) is 30.3 Å². The Labute approximate surface area is 151 Å². The number of nitrogens with one attached hydrogen (secondary N) is 2. The molecule has 1 aliphatic heterocycles. The minimum Gasteiger partial charge on any atom is -0.445 e. The predicted octanol–water partition coefficient (Wildman–Crippen LogP) is 2.76. The lowest BCUT2D eigenvalue weighted by Gasteiger charge is -2.36. The summed E-state index contributed by atoms with van der Waals surface area (Å²) in [6, 6.07) is 11.2. The lowest BCUT2D eigenvalue weighted by atomic mass is 9.86. The Hall–Kier alpha value is -1.59. The average molecular weight is 345 g/mol. The summed E-state index contributed by atoms with van der Waals surface area (Å²) in [5.41, 5.74) is 1.01. The van der Waals surface area contributed by atoms with Crippen LogP contribution in [0.2, 0.25) is 0 Å². The largest absolute Gasteiger partial charge is 0.445 e. The number of carbonyl (C=O) groups excluding carboxylic acids is 1. The minimum atomic E-state index is -0.310. The average Bonchev–Trinajstić information content (AvgIpc) is 3.05.